The van der Waals surface area contributed by atoms with Gasteiger partial charge < -0.3 is 9.47 Å². The second kappa shape index (κ2) is 10.5. The van der Waals surface area contributed by atoms with E-state index in [9.17, 15) is 0 Å². The van der Waals surface area contributed by atoms with Crippen molar-refractivity contribution in [2.45, 2.75) is 49.4 Å². The van der Waals surface area contributed by atoms with Gasteiger partial charge in [-0.05, 0) is 83.0 Å². The summed E-state index contributed by atoms with van der Waals surface area (Å²) >= 11 is 0. The van der Waals surface area contributed by atoms with Crippen molar-refractivity contribution in [3.05, 3.63) is 119 Å². The molecule has 0 spiro atoms. The van der Waals surface area contributed by atoms with E-state index in [1.54, 1.807) is 0 Å². The van der Waals surface area contributed by atoms with Gasteiger partial charge in [-0.25, -0.2) is 0 Å². The predicted molar refractivity (Wildman–Crippen MR) is 157 cm³/mol. The maximum atomic E-state index is 5.56. The fourth-order valence-electron chi connectivity index (χ4n) is 7.62. The lowest BCUT2D eigenvalue weighted by Gasteiger charge is -2.39. The Morgan fingerprint density at radius 1 is 0.421 bits per heavy atom. The molecule has 0 aliphatic heterocycles. The smallest absolute Gasteiger partial charge is 0.0462 e. The first-order valence-corrected chi connectivity index (χ1v) is 14.1. The second-order valence-electron chi connectivity index (χ2n) is 11.0. The van der Waals surface area contributed by atoms with Gasteiger partial charge in [0.05, 0.1) is 0 Å². The number of hydrogen-bond acceptors (Lipinski definition) is 2. The molecule has 0 heterocycles. The van der Waals surface area contributed by atoms with Crippen molar-refractivity contribution in [3.8, 4) is 22.3 Å². The third-order valence-corrected chi connectivity index (χ3v) is 9.23. The standard InChI is InChI=1S/C36H38O2/c1-37-25-11-21-35(31-17-7-3-13-27(31)28-14-4-8-18-32(28)35)23-24-36(22-12-26-38-2)33-19-9-5-15-29(33)30-16-6-10-20-34(30)36/h3-10,13-20H,11-12,21-26H2,1-2H3. The number of methoxy groups -OCH3 is 2. The van der Waals surface area contributed by atoms with Gasteiger partial charge >= 0.3 is 0 Å². The molecule has 194 valence electrons. The van der Waals surface area contributed by atoms with E-state index in [2.05, 4.69) is 97.1 Å². The van der Waals surface area contributed by atoms with Crippen LogP contribution in [0.5, 0.6) is 0 Å². The van der Waals surface area contributed by atoms with Gasteiger partial charge in [-0.15, -0.1) is 0 Å². The summed E-state index contributed by atoms with van der Waals surface area (Å²) in [5, 5.41) is 0. The van der Waals surface area contributed by atoms with Crippen molar-refractivity contribution in [3.63, 3.8) is 0 Å². The lowest BCUT2D eigenvalue weighted by molar-refractivity contribution is 0.179. The average molecular weight is 503 g/mol. The first kappa shape index (κ1) is 25.1. The van der Waals surface area contributed by atoms with Crippen LogP contribution >= 0.6 is 0 Å². The third kappa shape index (κ3) is 3.94. The van der Waals surface area contributed by atoms with Gasteiger partial charge in [0.25, 0.3) is 0 Å². The Kier molecular flexibility index (Phi) is 6.95. The van der Waals surface area contributed by atoms with Crippen LogP contribution in [0, 0.1) is 0 Å². The first-order chi connectivity index (χ1) is 18.7. The van der Waals surface area contributed by atoms with E-state index in [4.69, 9.17) is 9.47 Å². The van der Waals surface area contributed by atoms with Crippen LogP contribution in [0.2, 0.25) is 0 Å². The molecular weight excluding hydrogens is 464 g/mol. The SMILES string of the molecule is COCCCC1(CCC2(CCCOC)c3ccccc3-c3ccccc32)c2ccccc2-c2ccccc21. The Morgan fingerprint density at radius 2 is 0.711 bits per heavy atom. The van der Waals surface area contributed by atoms with E-state index < -0.39 is 0 Å². The molecule has 38 heavy (non-hydrogen) atoms. The molecule has 2 nitrogen and oxygen atoms in total. The molecular formula is C36H38O2. The van der Waals surface area contributed by atoms with E-state index in [1.165, 1.54) is 44.5 Å². The minimum Gasteiger partial charge on any atom is -0.385 e. The van der Waals surface area contributed by atoms with Crippen LogP contribution in [0.3, 0.4) is 0 Å². The van der Waals surface area contributed by atoms with Crippen molar-refractivity contribution >= 4 is 0 Å². The summed E-state index contributed by atoms with van der Waals surface area (Å²) in [7, 11) is 3.64. The summed E-state index contributed by atoms with van der Waals surface area (Å²) < 4.78 is 11.1. The van der Waals surface area contributed by atoms with Crippen molar-refractivity contribution in [1.29, 1.82) is 0 Å². The molecule has 0 atom stereocenters. The van der Waals surface area contributed by atoms with Gasteiger partial charge in [-0.3, -0.25) is 0 Å². The highest BCUT2D eigenvalue weighted by molar-refractivity contribution is 5.82. The Labute approximate surface area is 227 Å². The number of fused-ring (bicyclic) bond motifs is 6. The maximum absolute atomic E-state index is 5.56. The number of benzene rings is 4. The molecule has 4 aromatic rings. The lowest BCUT2D eigenvalue weighted by atomic mass is 9.64. The fraction of sp³-hybridized carbons (Fsp3) is 0.333. The van der Waals surface area contributed by atoms with E-state index in [1.807, 2.05) is 14.2 Å². The van der Waals surface area contributed by atoms with Crippen LogP contribution in [0.1, 0.15) is 60.8 Å². The molecule has 2 heteroatoms. The van der Waals surface area contributed by atoms with E-state index >= 15 is 0 Å². The molecule has 2 aliphatic carbocycles. The summed E-state index contributed by atoms with van der Waals surface area (Å²) in [6.45, 7) is 1.58. The van der Waals surface area contributed by atoms with Crippen LogP contribution in [-0.2, 0) is 20.3 Å². The quantitative estimate of drug-likeness (QED) is 0.191. The Morgan fingerprint density at radius 3 is 1.00 bits per heavy atom. The maximum Gasteiger partial charge on any atom is 0.0462 e. The van der Waals surface area contributed by atoms with Gasteiger partial charge in [0.1, 0.15) is 0 Å². The van der Waals surface area contributed by atoms with E-state index in [0.717, 1.165) is 51.7 Å². The summed E-state index contributed by atoms with van der Waals surface area (Å²) in [5.74, 6) is 0. The zero-order valence-corrected chi connectivity index (χ0v) is 22.7. The van der Waals surface area contributed by atoms with Crippen LogP contribution in [-0.4, -0.2) is 27.4 Å². The third-order valence-electron chi connectivity index (χ3n) is 9.23. The topological polar surface area (TPSA) is 18.5 Å². The molecule has 0 aromatic heterocycles. The van der Waals surface area contributed by atoms with Gasteiger partial charge in [0.15, 0.2) is 0 Å². The minimum absolute atomic E-state index is 0.0214. The highest BCUT2D eigenvalue weighted by atomic mass is 16.5. The van der Waals surface area contributed by atoms with Crippen LogP contribution in [0.25, 0.3) is 22.3 Å². The summed E-state index contributed by atoms with van der Waals surface area (Å²) in [4.78, 5) is 0. The molecule has 0 bridgehead atoms. The molecule has 0 N–H and O–H groups in total. The van der Waals surface area contributed by atoms with Crippen LogP contribution in [0.4, 0.5) is 0 Å². The summed E-state index contributed by atoms with van der Waals surface area (Å²) in [6, 6.07) is 36.5. The number of rotatable bonds is 11. The van der Waals surface area contributed by atoms with Crippen molar-refractivity contribution in [1.82, 2.24) is 0 Å². The second-order valence-corrected chi connectivity index (χ2v) is 11.0. The Hall–Kier alpha value is -3.20. The monoisotopic (exact) mass is 502 g/mol. The minimum atomic E-state index is -0.0214. The molecule has 6 rings (SSSR count). The zero-order chi connectivity index (χ0) is 26.0. The molecule has 2 aliphatic rings. The molecule has 0 saturated carbocycles. The molecule has 0 saturated heterocycles. The zero-order valence-electron chi connectivity index (χ0n) is 22.7. The molecule has 4 aromatic carbocycles. The lowest BCUT2D eigenvalue weighted by Crippen LogP contribution is -2.32. The number of ether oxygens (including phenoxy) is 2. The van der Waals surface area contributed by atoms with Gasteiger partial charge in [0.2, 0.25) is 0 Å². The van der Waals surface area contributed by atoms with Crippen molar-refractivity contribution in [2.24, 2.45) is 0 Å². The van der Waals surface area contributed by atoms with Crippen LogP contribution < -0.4 is 0 Å². The van der Waals surface area contributed by atoms with Crippen molar-refractivity contribution < 1.29 is 9.47 Å². The first-order valence-electron chi connectivity index (χ1n) is 14.1. The van der Waals surface area contributed by atoms with Crippen LogP contribution in [0.15, 0.2) is 97.1 Å². The molecule has 0 radical (unpaired) electrons. The van der Waals surface area contributed by atoms with Gasteiger partial charge in [-0.2, -0.15) is 0 Å². The molecule has 0 unspecified atom stereocenters. The highest BCUT2D eigenvalue weighted by Gasteiger charge is 2.47. The Balaban J connectivity index is 1.48. The molecule has 0 fully saturated rings. The van der Waals surface area contributed by atoms with Gasteiger partial charge in [-0.1, -0.05) is 97.1 Å². The normalized spacial score (nSPS) is 15.5. The van der Waals surface area contributed by atoms with Crippen molar-refractivity contribution in [2.75, 3.05) is 27.4 Å². The number of hydrogen-bond donors (Lipinski definition) is 0. The summed E-state index contributed by atoms with van der Waals surface area (Å²) in [6.07, 6.45) is 6.46. The summed E-state index contributed by atoms with van der Waals surface area (Å²) in [5.41, 5.74) is 11.5. The van der Waals surface area contributed by atoms with E-state index in [-0.39, 0.29) is 10.8 Å². The molecule has 0 amide bonds. The Bertz CT molecular complexity index is 1220. The van der Waals surface area contributed by atoms with E-state index in [0.29, 0.717) is 0 Å². The fourth-order valence-corrected chi connectivity index (χ4v) is 7.62. The average Bonchev–Trinajstić information content (AvgIpc) is 3.41. The predicted octanol–water partition coefficient (Wildman–Crippen LogP) is 8.55. The highest BCUT2D eigenvalue weighted by Crippen LogP contribution is 2.58. The van der Waals surface area contributed by atoms with Gasteiger partial charge in [0, 0.05) is 38.3 Å². The largest absolute Gasteiger partial charge is 0.385 e.